The lowest BCUT2D eigenvalue weighted by Crippen LogP contribution is -2.20. The molecule has 1 fully saturated rings. The van der Waals surface area contributed by atoms with E-state index in [0.717, 1.165) is 11.3 Å². The molecule has 2 atom stereocenters. The maximum Gasteiger partial charge on any atom is 0.228 e. The topological polar surface area (TPSA) is 87.3 Å². The van der Waals surface area contributed by atoms with Gasteiger partial charge < -0.3 is 16.0 Å². The highest BCUT2D eigenvalue weighted by Gasteiger charge is 2.48. The molecule has 3 N–H and O–H groups in total. The fraction of sp³-hybridized carbons (Fsp3) is 0.250. The third-order valence-corrected chi connectivity index (χ3v) is 4.34. The van der Waals surface area contributed by atoms with Crippen molar-refractivity contribution >= 4 is 34.8 Å². The quantitative estimate of drug-likeness (QED) is 0.773. The Bertz CT molecular complexity index is 846. The van der Waals surface area contributed by atoms with Crippen molar-refractivity contribution in [3.8, 4) is 0 Å². The number of carbonyl (C=O) groups is 3. The summed E-state index contributed by atoms with van der Waals surface area (Å²) in [4.78, 5) is 35.6. The predicted octanol–water partition coefficient (Wildman–Crippen LogP) is 3.17. The van der Waals surface area contributed by atoms with Crippen molar-refractivity contribution in [2.24, 2.45) is 11.8 Å². The molecule has 0 heterocycles. The second-order valence-corrected chi connectivity index (χ2v) is 6.50. The number of amides is 3. The third kappa shape index (κ3) is 4.27. The van der Waals surface area contributed by atoms with Crippen molar-refractivity contribution in [1.29, 1.82) is 0 Å². The summed E-state index contributed by atoms with van der Waals surface area (Å²) in [6.07, 6.45) is 0.549. The first-order chi connectivity index (χ1) is 12.4. The third-order valence-electron chi connectivity index (χ3n) is 4.34. The first kappa shape index (κ1) is 17.7. The summed E-state index contributed by atoms with van der Waals surface area (Å²) in [5, 5.41) is 8.37. The lowest BCUT2D eigenvalue weighted by atomic mass is 10.2. The van der Waals surface area contributed by atoms with Gasteiger partial charge in [-0.15, -0.1) is 0 Å². The molecule has 26 heavy (non-hydrogen) atoms. The van der Waals surface area contributed by atoms with Gasteiger partial charge in [-0.05, 0) is 49.2 Å². The van der Waals surface area contributed by atoms with Crippen molar-refractivity contribution in [2.75, 3.05) is 16.0 Å². The van der Waals surface area contributed by atoms with Crippen LogP contribution in [0.15, 0.2) is 48.5 Å². The zero-order chi connectivity index (χ0) is 18.7. The lowest BCUT2D eigenvalue weighted by molar-refractivity contribution is -0.122. The Morgan fingerprint density at radius 1 is 0.808 bits per heavy atom. The number of rotatable bonds is 5. The molecule has 2 aromatic carbocycles. The van der Waals surface area contributed by atoms with Gasteiger partial charge in [0.1, 0.15) is 0 Å². The van der Waals surface area contributed by atoms with Crippen LogP contribution >= 0.6 is 0 Å². The van der Waals surface area contributed by atoms with Gasteiger partial charge in [-0.25, -0.2) is 0 Å². The highest BCUT2D eigenvalue weighted by molar-refractivity contribution is 6.03. The maximum absolute atomic E-state index is 12.3. The Morgan fingerprint density at radius 3 is 1.92 bits per heavy atom. The zero-order valence-electron chi connectivity index (χ0n) is 14.7. The number of nitrogens with one attached hydrogen (secondary N) is 3. The van der Waals surface area contributed by atoms with Crippen LogP contribution in [0.1, 0.15) is 18.9 Å². The van der Waals surface area contributed by atoms with E-state index in [2.05, 4.69) is 16.0 Å². The molecule has 6 heteroatoms. The molecule has 1 saturated carbocycles. The molecule has 2 aromatic rings. The normalized spacial score (nSPS) is 17.9. The van der Waals surface area contributed by atoms with Crippen molar-refractivity contribution < 1.29 is 14.4 Å². The Balaban J connectivity index is 1.53. The molecule has 0 aromatic heterocycles. The Morgan fingerprint density at radius 2 is 1.35 bits per heavy atom. The molecule has 1 aliphatic carbocycles. The summed E-state index contributed by atoms with van der Waals surface area (Å²) < 4.78 is 0. The number of aryl methyl sites for hydroxylation is 1. The van der Waals surface area contributed by atoms with Crippen LogP contribution in [0.25, 0.3) is 0 Å². The molecule has 0 spiro atoms. The summed E-state index contributed by atoms with van der Waals surface area (Å²) in [6.45, 7) is 3.36. The Labute approximate surface area is 152 Å². The number of benzene rings is 2. The number of hydrogen-bond acceptors (Lipinski definition) is 3. The predicted molar refractivity (Wildman–Crippen MR) is 101 cm³/mol. The fourth-order valence-corrected chi connectivity index (χ4v) is 2.79. The Hall–Kier alpha value is -3.15. The van der Waals surface area contributed by atoms with Gasteiger partial charge in [0, 0.05) is 24.0 Å². The number of para-hydroxylation sites is 1. The van der Waals surface area contributed by atoms with Crippen LogP contribution < -0.4 is 16.0 Å². The average molecular weight is 351 g/mol. The van der Waals surface area contributed by atoms with E-state index < -0.39 is 0 Å². The molecule has 0 radical (unpaired) electrons. The van der Waals surface area contributed by atoms with E-state index in [4.69, 9.17) is 0 Å². The molecule has 134 valence electrons. The number of carbonyl (C=O) groups excluding carboxylic acids is 3. The largest absolute Gasteiger partial charge is 0.326 e. The van der Waals surface area contributed by atoms with Crippen molar-refractivity contribution in [3.63, 3.8) is 0 Å². The minimum atomic E-state index is -0.311. The second-order valence-electron chi connectivity index (χ2n) is 6.50. The highest BCUT2D eigenvalue weighted by Crippen LogP contribution is 2.40. The van der Waals surface area contributed by atoms with E-state index in [1.807, 2.05) is 31.2 Å². The molecular formula is C20H21N3O3. The zero-order valence-corrected chi connectivity index (χ0v) is 14.7. The van der Waals surface area contributed by atoms with E-state index in [9.17, 15) is 14.4 Å². The van der Waals surface area contributed by atoms with Gasteiger partial charge in [-0.2, -0.15) is 0 Å². The van der Waals surface area contributed by atoms with Crippen LogP contribution in [0.5, 0.6) is 0 Å². The van der Waals surface area contributed by atoms with Crippen molar-refractivity contribution in [1.82, 2.24) is 0 Å². The van der Waals surface area contributed by atoms with E-state index in [0.29, 0.717) is 17.8 Å². The highest BCUT2D eigenvalue weighted by atomic mass is 16.2. The average Bonchev–Trinajstić information content (AvgIpc) is 3.39. The number of anilines is 3. The first-order valence-electron chi connectivity index (χ1n) is 8.49. The van der Waals surface area contributed by atoms with E-state index >= 15 is 0 Å². The van der Waals surface area contributed by atoms with Gasteiger partial charge in [0.25, 0.3) is 0 Å². The Kier molecular flexibility index (Phi) is 5.02. The minimum Gasteiger partial charge on any atom is -0.326 e. The molecule has 2 unspecified atom stereocenters. The van der Waals surface area contributed by atoms with Gasteiger partial charge in [-0.3, -0.25) is 14.4 Å². The van der Waals surface area contributed by atoms with Crippen LogP contribution in [-0.4, -0.2) is 17.7 Å². The first-order valence-corrected chi connectivity index (χ1v) is 8.49. The summed E-state index contributed by atoms with van der Waals surface area (Å²) >= 11 is 0. The van der Waals surface area contributed by atoms with Gasteiger partial charge in [0.05, 0.1) is 11.8 Å². The standard InChI is InChI=1S/C20H21N3O3/c1-12-5-3-4-6-18(12)23-20(26)17-11-16(17)19(25)22-15-9-7-14(8-10-15)21-13(2)24/h3-10,16-17H,11H2,1-2H3,(H,21,24)(H,22,25)(H,23,26). The van der Waals surface area contributed by atoms with E-state index in [-0.39, 0.29) is 29.6 Å². The fourth-order valence-electron chi connectivity index (χ4n) is 2.79. The van der Waals surface area contributed by atoms with E-state index in [1.165, 1.54) is 6.92 Å². The van der Waals surface area contributed by atoms with Gasteiger partial charge >= 0.3 is 0 Å². The summed E-state index contributed by atoms with van der Waals surface area (Å²) in [5.74, 6) is -1.05. The molecule has 3 amide bonds. The molecule has 0 bridgehead atoms. The molecule has 3 rings (SSSR count). The van der Waals surface area contributed by atoms with Crippen LogP contribution in [0.2, 0.25) is 0 Å². The molecular weight excluding hydrogens is 330 g/mol. The summed E-state index contributed by atoms with van der Waals surface area (Å²) in [7, 11) is 0. The second kappa shape index (κ2) is 7.39. The van der Waals surface area contributed by atoms with E-state index in [1.54, 1.807) is 24.3 Å². The van der Waals surface area contributed by atoms with Gasteiger partial charge in [0.2, 0.25) is 17.7 Å². The number of hydrogen-bond donors (Lipinski definition) is 3. The van der Waals surface area contributed by atoms with Crippen molar-refractivity contribution in [2.45, 2.75) is 20.3 Å². The lowest BCUT2D eigenvalue weighted by Gasteiger charge is -2.08. The van der Waals surface area contributed by atoms with Crippen LogP contribution in [0.3, 0.4) is 0 Å². The molecule has 0 aliphatic heterocycles. The monoisotopic (exact) mass is 351 g/mol. The summed E-state index contributed by atoms with van der Waals surface area (Å²) in [6, 6.07) is 14.4. The van der Waals surface area contributed by atoms with Crippen molar-refractivity contribution in [3.05, 3.63) is 54.1 Å². The van der Waals surface area contributed by atoms with Crippen LogP contribution in [-0.2, 0) is 14.4 Å². The summed E-state index contributed by atoms with van der Waals surface area (Å²) in [5.41, 5.74) is 3.06. The smallest absolute Gasteiger partial charge is 0.228 e. The van der Waals surface area contributed by atoms with Crippen LogP contribution in [0, 0.1) is 18.8 Å². The van der Waals surface area contributed by atoms with Gasteiger partial charge in [0.15, 0.2) is 0 Å². The molecule has 1 aliphatic rings. The SMILES string of the molecule is CC(=O)Nc1ccc(NC(=O)C2CC2C(=O)Nc2ccccc2C)cc1. The minimum absolute atomic E-state index is 0.125. The molecule has 6 nitrogen and oxygen atoms in total. The molecule has 0 saturated heterocycles. The van der Waals surface area contributed by atoms with Gasteiger partial charge in [-0.1, -0.05) is 18.2 Å². The maximum atomic E-state index is 12.3. The van der Waals surface area contributed by atoms with Crippen LogP contribution in [0.4, 0.5) is 17.1 Å².